The number of unbranched alkanes of at least 4 members (excludes halogenated alkanes) is 1. The maximum Gasteiger partial charge on any atom is 0.285 e. The van der Waals surface area contributed by atoms with Crippen LogP contribution in [0, 0.1) is 0 Å². The Labute approximate surface area is 170 Å². The SMILES string of the molecule is CC(=O)c1ccc(OCCCCOc2cccc(C(N)=NCS(=O)(=O)O)c2)cc1. The monoisotopic (exact) mass is 420 g/mol. The maximum absolute atomic E-state index is 11.2. The second kappa shape index (κ2) is 10.6. The number of hydrogen-bond donors (Lipinski definition) is 2. The van der Waals surface area contributed by atoms with Crippen molar-refractivity contribution in [2.24, 2.45) is 10.7 Å². The number of rotatable bonds is 11. The van der Waals surface area contributed by atoms with Crippen LogP contribution in [0.25, 0.3) is 0 Å². The quantitative estimate of drug-likeness (QED) is 0.188. The molecular formula is C20H24N2O6S. The lowest BCUT2D eigenvalue weighted by molar-refractivity contribution is 0.101. The van der Waals surface area contributed by atoms with Crippen LogP contribution in [0.5, 0.6) is 11.5 Å². The number of carbonyl (C=O) groups is 1. The Kier molecular flexibility index (Phi) is 8.17. The number of ether oxygens (including phenoxy) is 2. The number of ketones is 1. The van der Waals surface area contributed by atoms with Crippen molar-refractivity contribution in [3.8, 4) is 11.5 Å². The molecule has 0 unspecified atom stereocenters. The number of Topliss-reactive ketones (excluding diaryl/α,β-unsaturated/α-hetero) is 1. The minimum Gasteiger partial charge on any atom is -0.494 e. The van der Waals surface area contributed by atoms with Crippen molar-refractivity contribution in [1.29, 1.82) is 0 Å². The van der Waals surface area contributed by atoms with E-state index in [0.717, 1.165) is 12.8 Å². The fourth-order valence-electron chi connectivity index (χ4n) is 2.36. The number of amidine groups is 1. The van der Waals surface area contributed by atoms with E-state index >= 15 is 0 Å². The fourth-order valence-corrected chi connectivity index (χ4v) is 2.66. The number of hydrogen-bond acceptors (Lipinski definition) is 6. The van der Waals surface area contributed by atoms with Gasteiger partial charge in [-0.05, 0) is 56.2 Å². The Morgan fingerprint density at radius 1 is 1.00 bits per heavy atom. The molecule has 0 spiro atoms. The van der Waals surface area contributed by atoms with E-state index in [9.17, 15) is 13.2 Å². The third-order valence-corrected chi connectivity index (χ3v) is 4.32. The van der Waals surface area contributed by atoms with E-state index in [-0.39, 0.29) is 11.6 Å². The Hall–Kier alpha value is -2.91. The Morgan fingerprint density at radius 2 is 1.62 bits per heavy atom. The summed E-state index contributed by atoms with van der Waals surface area (Å²) in [5.41, 5.74) is 6.88. The summed E-state index contributed by atoms with van der Waals surface area (Å²) >= 11 is 0. The fraction of sp³-hybridized carbons (Fsp3) is 0.300. The van der Waals surface area contributed by atoms with Gasteiger partial charge in [0.2, 0.25) is 0 Å². The van der Waals surface area contributed by atoms with E-state index in [1.807, 2.05) is 0 Å². The van der Waals surface area contributed by atoms with Crippen LogP contribution < -0.4 is 15.2 Å². The van der Waals surface area contributed by atoms with Crippen LogP contribution in [0.15, 0.2) is 53.5 Å². The first-order chi connectivity index (χ1) is 13.7. The van der Waals surface area contributed by atoms with Crippen LogP contribution in [0.3, 0.4) is 0 Å². The molecule has 0 aliphatic carbocycles. The van der Waals surface area contributed by atoms with Crippen LogP contribution in [0.2, 0.25) is 0 Å². The van der Waals surface area contributed by atoms with Gasteiger partial charge in [0.05, 0.1) is 13.2 Å². The largest absolute Gasteiger partial charge is 0.494 e. The lowest BCUT2D eigenvalue weighted by atomic mass is 10.1. The van der Waals surface area contributed by atoms with Gasteiger partial charge in [0.25, 0.3) is 10.1 Å². The first-order valence-electron chi connectivity index (χ1n) is 8.97. The smallest absolute Gasteiger partial charge is 0.285 e. The molecule has 3 N–H and O–H groups in total. The molecule has 2 rings (SSSR count). The normalized spacial score (nSPS) is 11.9. The summed E-state index contributed by atoms with van der Waals surface area (Å²) in [5, 5.41) is 0. The third-order valence-electron chi connectivity index (χ3n) is 3.86. The van der Waals surface area contributed by atoms with E-state index < -0.39 is 16.0 Å². The second-order valence-electron chi connectivity index (χ2n) is 6.27. The van der Waals surface area contributed by atoms with Crippen molar-refractivity contribution in [2.75, 3.05) is 19.1 Å². The standard InChI is InChI=1S/C20H24N2O6S/c1-15(23)16-7-9-18(10-8-16)27-11-2-3-12-28-19-6-4-5-17(13-19)20(21)22-14-29(24,25)26/h4-10,13H,2-3,11-12,14H2,1H3,(H2,21,22)(H,24,25,26). The lowest BCUT2D eigenvalue weighted by Crippen LogP contribution is -2.16. The molecule has 0 saturated heterocycles. The highest BCUT2D eigenvalue weighted by atomic mass is 32.2. The zero-order chi connectivity index (χ0) is 21.3. The highest BCUT2D eigenvalue weighted by Gasteiger charge is 2.06. The van der Waals surface area contributed by atoms with Gasteiger partial charge in [-0.2, -0.15) is 8.42 Å². The number of nitrogens with two attached hydrogens (primary N) is 1. The average Bonchev–Trinajstić information content (AvgIpc) is 2.68. The van der Waals surface area contributed by atoms with Gasteiger partial charge < -0.3 is 15.2 Å². The van der Waals surface area contributed by atoms with Gasteiger partial charge in [-0.25, -0.2) is 4.99 Å². The van der Waals surface area contributed by atoms with Gasteiger partial charge in [0, 0.05) is 11.1 Å². The molecule has 0 heterocycles. The second-order valence-corrected chi connectivity index (χ2v) is 7.69. The minimum absolute atomic E-state index is 0.00253. The summed E-state index contributed by atoms with van der Waals surface area (Å²) in [7, 11) is -4.21. The molecule has 0 radical (unpaired) electrons. The van der Waals surface area contributed by atoms with Crippen molar-refractivity contribution < 1.29 is 27.2 Å². The van der Waals surface area contributed by atoms with Crippen molar-refractivity contribution in [3.05, 3.63) is 59.7 Å². The highest BCUT2D eigenvalue weighted by Crippen LogP contribution is 2.15. The Balaban J connectivity index is 1.73. The van der Waals surface area contributed by atoms with E-state index in [0.29, 0.717) is 35.8 Å². The highest BCUT2D eigenvalue weighted by molar-refractivity contribution is 7.85. The molecule has 9 heteroatoms. The number of benzene rings is 2. The molecular weight excluding hydrogens is 396 g/mol. The van der Waals surface area contributed by atoms with Crippen LogP contribution in [-0.2, 0) is 10.1 Å². The number of carbonyl (C=O) groups excluding carboxylic acids is 1. The molecule has 29 heavy (non-hydrogen) atoms. The summed E-state index contributed by atoms with van der Waals surface area (Å²) in [6.07, 6.45) is 1.55. The van der Waals surface area contributed by atoms with Crippen molar-refractivity contribution in [1.82, 2.24) is 0 Å². The minimum atomic E-state index is -4.21. The third kappa shape index (κ3) is 8.32. The predicted molar refractivity (Wildman–Crippen MR) is 110 cm³/mol. The summed E-state index contributed by atoms with van der Waals surface area (Å²) in [6, 6.07) is 13.8. The lowest BCUT2D eigenvalue weighted by Gasteiger charge is -2.09. The van der Waals surface area contributed by atoms with E-state index in [4.69, 9.17) is 19.8 Å². The molecule has 2 aromatic rings. The molecule has 0 saturated carbocycles. The van der Waals surface area contributed by atoms with E-state index in [1.165, 1.54) is 6.92 Å². The topological polar surface area (TPSA) is 128 Å². The molecule has 0 aliphatic heterocycles. The molecule has 156 valence electrons. The van der Waals surface area contributed by atoms with Crippen LogP contribution in [0.4, 0.5) is 0 Å². The Bertz CT molecular complexity index is 955. The van der Waals surface area contributed by atoms with Crippen LogP contribution in [0.1, 0.15) is 35.7 Å². The molecule has 0 atom stereocenters. The van der Waals surface area contributed by atoms with Gasteiger partial charge in [0.1, 0.15) is 17.3 Å². The molecule has 8 nitrogen and oxygen atoms in total. The number of aliphatic imine (C=N–C) groups is 1. The van der Waals surface area contributed by atoms with Crippen molar-refractivity contribution in [2.45, 2.75) is 19.8 Å². The van der Waals surface area contributed by atoms with Crippen molar-refractivity contribution in [3.63, 3.8) is 0 Å². The summed E-state index contributed by atoms with van der Waals surface area (Å²) in [4.78, 5) is 14.9. The summed E-state index contributed by atoms with van der Waals surface area (Å²) in [5.74, 6) is 0.513. The van der Waals surface area contributed by atoms with Gasteiger partial charge in [-0.3, -0.25) is 9.35 Å². The first-order valence-corrected chi connectivity index (χ1v) is 10.6. The maximum atomic E-state index is 11.2. The number of nitrogens with zero attached hydrogens (tertiary/aromatic N) is 1. The van der Waals surface area contributed by atoms with Gasteiger partial charge >= 0.3 is 0 Å². The molecule has 0 fully saturated rings. The van der Waals surface area contributed by atoms with Crippen LogP contribution in [-0.4, -0.2) is 43.7 Å². The van der Waals surface area contributed by atoms with Gasteiger partial charge in [-0.15, -0.1) is 0 Å². The van der Waals surface area contributed by atoms with E-state index in [1.54, 1.807) is 48.5 Å². The summed E-state index contributed by atoms with van der Waals surface area (Å²) in [6.45, 7) is 2.52. The van der Waals surface area contributed by atoms with Crippen LogP contribution >= 0.6 is 0 Å². The molecule has 0 amide bonds. The Morgan fingerprint density at radius 3 is 2.21 bits per heavy atom. The predicted octanol–water partition coefficient (Wildman–Crippen LogP) is 2.68. The summed E-state index contributed by atoms with van der Waals surface area (Å²) < 4.78 is 41.5. The first kappa shape index (κ1) is 22.4. The average molecular weight is 420 g/mol. The molecule has 0 bridgehead atoms. The molecule has 2 aromatic carbocycles. The van der Waals surface area contributed by atoms with Gasteiger partial charge in [0.15, 0.2) is 11.7 Å². The van der Waals surface area contributed by atoms with Crippen molar-refractivity contribution >= 4 is 21.7 Å². The van der Waals surface area contributed by atoms with E-state index in [2.05, 4.69) is 4.99 Å². The van der Waals surface area contributed by atoms with Gasteiger partial charge in [-0.1, -0.05) is 12.1 Å². The molecule has 0 aromatic heterocycles. The zero-order valence-corrected chi connectivity index (χ0v) is 16.9. The zero-order valence-electron chi connectivity index (χ0n) is 16.1. The molecule has 0 aliphatic rings.